The molecule has 0 aromatic heterocycles. The topological polar surface area (TPSA) is 55.4 Å². The van der Waals surface area contributed by atoms with Crippen LogP contribution in [0.25, 0.3) is 0 Å². The molecule has 1 N–H and O–H groups in total. The molecule has 3 aliphatic carbocycles. The van der Waals surface area contributed by atoms with Crippen molar-refractivity contribution >= 4 is 11.8 Å². The van der Waals surface area contributed by atoms with Crippen molar-refractivity contribution in [2.24, 2.45) is 11.3 Å². The van der Waals surface area contributed by atoms with Crippen LogP contribution in [0.4, 0.5) is 0 Å². The number of hydrogen-bond donors (Lipinski definition) is 1. The molecule has 4 rings (SSSR count). The summed E-state index contributed by atoms with van der Waals surface area (Å²) in [5.74, 6) is 0.324. The van der Waals surface area contributed by atoms with Gasteiger partial charge in [0.2, 0.25) is 0 Å². The fourth-order valence-electron chi connectivity index (χ4n) is 3.81. The lowest BCUT2D eigenvalue weighted by Gasteiger charge is -2.25. The monoisotopic (exact) mass is 257 g/mol. The minimum Gasteiger partial charge on any atom is -0.467 e. The molecular formula is C15H15NO3. The largest absolute Gasteiger partial charge is 0.467 e. The van der Waals surface area contributed by atoms with Crippen LogP contribution in [-0.2, 0) is 14.3 Å². The van der Waals surface area contributed by atoms with Gasteiger partial charge in [-0.25, -0.2) is 4.79 Å². The Labute approximate surface area is 111 Å². The lowest BCUT2D eigenvalue weighted by molar-refractivity contribution is -0.143. The van der Waals surface area contributed by atoms with Gasteiger partial charge in [0.05, 0.1) is 7.11 Å². The lowest BCUT2D eigenvalue weighted by atomic mass is 9.80. The molecule has 0 amide bonds. The van der Waals surface area contributed by atoms with Gasteiger partial charge in [-0.3, -0.25) is 4.79 Å². The molecule has 1 saturated carbocycles. The average molecular weight is 257 g/mol. The number of nitrogens with one attached hydrogen (secondary N) is 1. The number of allylic oxidation sites excluding steroid dienone is 6. The first-order chi connectivity index (χ1) is 9.15. The first kappa shape index (κ1) is 11.0. The van der Waals surface area contributed by atoms with Crippen LogP contribution in [0.5, 0.6) is 0 Å². The Balaban J connectivity index is 1.71. The van der Waals surface area contributed by atoms with Gasteiger partial charge in [-0.05, 0) is 24.5 Å². The van der Waals surface area contributed by atoms with E-state index >= 15 is 0 Å². The summed E-state index contributed by atoms with van der Waals surface area (Å²) < 4.78 is 4.85. The van der Waals surface area contributed by atoms with Gasteiger partial charge < -0.3 is 10.1 Å². The maximum Gasteiger partial charge on any atom is 0.328 e. The number of esters is 1. The third kappa shape index (κ3) is 1.29. The van der Waals surface area contributed by atoms with Crippen LogP contribution >= 0.6 is 0 Å². The third-order valence-electron chi connectivity index (χ3n) is 4.92. The summed E-state index contributed by atoms with van der Waals surface area (Å²) in [6.07, 6.45) is 8.25. The van der Waals surface area contributed by atoms with Gasteiger partial charge in [0.1, 0.15) is 6.04 Å². The van der Waals surface area contributed by atoms with Crippen LogP contribution in [0.3, 0.4) is 0 Å². The molecule has 0 aromatic rings. The number of carbonyl (C=O) groups excluding carboxylic acids is 2. The van der Waals surface area contributed by atoms with E-state index in [9.17, 15) is 9.59 Å². The Morgan fingerprint density at radius 1 is 1.53 bits per heavy atom. The molecule has 0 aromatic carbocycles. The summed E-state index contributed by atoms with van der Waals surface area (Å²) in [7, 11) is 1.42. The summed E-state index contributed by atoms with van der Waals surface area (Å²) >= 11 is 0. The van der Waals surface area contributed by atoms with Crippen molar-refractivity contribution in [2.45, 2.75) is 25.3 Å². The van der Waals surface area contributed by atoms with Gasteiger partial charge in [0, 0.05) is 29.0 Å². The van der Waals surface area contributed by atoms with E-state index in [0.29, 0.717) is 12.3 Å². The van der Waals surface area contributed by atoms with Gasteiger partial charge >= 0.3 is 5.97 Å². The fourth-order valence-corrected chi connectivity index (χ4v) is 3.81. The van der Waals surface area contributed by atoms with Gasteiger partial charge in [0.25, 0.3) is 0 Å². The van der Waals surface area contributed by atoms with Crippen molar-refractivity contribution in [3.63, 3.8) is 0 Å². The van der Waals surface area contributed by atoms with Crippen molar-refractivity contribution in [3.05, 3.63) is 35.1 Å². The number of carbonyl (C=O) groups is 2. The molecule has 3 atom stereocenters. The van der Waals surface area contributed by atoms with Gasteiger partial charge in [-0.1, -0.05) is 12.2 Å². The van der Waals surface area contributed by atoms with Crippen LogP contribution in [0.2, 0.25) is 0 Å². The maximum atomic E-state index is 12.0. The fraction of sp³-hybridized carbons (Fsp3) is 0.467. The van der Waals surface area contributed by atoms with Crippen LogP contribution in [0.1, 0.15) is 19.3 Å². The average Bonchev–Trinajstić information content (AvgIpc) is 3.04. The first-order valence-electron chi connectivity index (χ1n) is 6.65. The van der Waals surface area contributed by atoms with E-state index in [1.807, 2.05) is 12.2 Å². The van der Waals surface area contributed by atoms with Crippen molar-refractivity contribution in [1.29, 1.82) is 0 Å². The van der Waals surface area contributed by atoms with Crippen molar-refractivity contribution < 1.29 is 14.3 Å². The zero-order valence-electron chi connectivity index (χ0n) is 10.7. The highest BCUT2D eigenvalue weighted by atomic mass is 16.5. The summed E-state index contributed by atoms with van der Waals surface area (Å²) in [6, 6.07) is -0.239. The lowest BCUT2D eigenvalue weighted by Crippen LogP contribution is -2.35. The molecule has 4 nitrogen and oxygen atoms in total. The van der Waals surface area contributed by atoms with E-state index in [-0.39, 0.29) is 23.2 Å². The Hall–Kier alpha value is -1.84. The number of piperidine rings is 1. The van der Waals surface area contributed by atoms with Crippen molar-refractivity contribution in [2.75, 3.05) is 7.11 Å². The van der Waals surface area contributed by atoms with E-state index in [2.05, 4.69) is 11.4 Å². The van der Waals surface area contributed by atoms with Crippen molar-refractivity contribution in [3.8, 4) is 0 Å². The van der Waals surface area contributed by atoms with Gasteiger partial charge in [-0.15, -0.1) is 0 Å². The van der Waals surface area contributed by atoms with E-state index in [4.69, 9.17) is 4.74 Å². The minimum absolute atomic E-state index is 0.0124. The van der Waals surface area contributed by atoms with Crippen LogP contribution in [0.15, 0.2) is 35.1 Å². The number of methoxy groups -OCH3 is 1. The Kier molecular flexibility index (Phi) is 1.96. The zero-order valence-corrected chi connectivity index (χ0v) is 10.7. The second-order valence-electron chi connectivity index (χ2n) is 5.81. The molecule has 1 saturated heterocycles. The quantitative estimate of drug-likeness (QED) is 0.718. The maximum absolute atomic E-state index is 12.0. The number of ketones is 1. The zero-order chi connectivity index (χ0) is 13.2. The molecule has 4 aliphatic rings. The predicted octanol–water partition coefficient (Wildman–Crippen LogP) is 1.25. The smallest absolute Gasteiger partial charge is 0.328 e. The molecule has 1 heterocycles. The molecule has 0 radical (unpaired) electrons. The second-order valence-corrected chi connectivity index (χ2v) is 5.81. The number of Topliss-reactive ketones (excluding diaryl/α,β-unsaturated/α-hetero) is 1. The van der Waals surface area contributed by atoms with E-state index < -0.39 is 0 Å². The molecule has 98 valence electrons. The Bertz CT molecular complexity index is 599. The SMILES string of the molecule is COC(=O)C1NC2=CC3=C(CC24CC14)C(=O)CC=C3. The summed E-state index contributed by atoms with van der Waals surface area (Å²) in [4.78, 5) is 23.8. The van der Waals surface area contributed by atoms with E-state index in [1.165, 1.54) is 7.11 Å². The highest BCUT2D eigenvalue weighted by molar-refractivity contribution is 6.00. The molecule has 1 aliphatic heterocycles. The molecular weight excluding hydrogens is 242 g/mol. The highest BCUT2D eigenvalue weighted by Crippen LogP contribution is 2.68. The first-order valence-corrected chi connectivity index (χ1v) is 6.65. The molecule has 3 unspecified atom stereocenters. The van der Waals surface area contributed by atoms with E-state index in [1.54, 1.807) is 0 Å². The highest BCUT2D eigenvalue weighted by Gasteiger charge is 2.68. The number of hydrogen-bond acceptors (Lipinski definition) is 4. The number of rotatable bonds is 1. The molecule has 0 bridgehead atoms. The third-order valence-corrected chi connectivity index (χ3v) is 4.92. The summed E-state index contributed by atoms with van der Waals surface area (Å²) in [5.41, 5.74) is 3.09. The van der Waals surface area contributed by atoms with Gasteiger partial charge in [-0.2, -0.15) is 0 Å². The molecule has 4 heteroatoms. The molecule has 19 heavy (non-hydrogen) atoms. The molecule has 1 spiro atoms. The second kappa shape index (κ2) is 3.38. The minimum atomic E-state index is -0.239. The van der Waals surface area contributed by atoms with E-state index in [0.717, 1.165) is 29.7 Å². The normalized spacial score (nSPS) is 37.9. The standard InChI is InChI=1S/C15H15NO3/c1-19-14(18)13-10-7-15(10)6-9-8(5-12(15)16-13)3-2-4-11(9)17/h2-3,5,10,13,16H,4,6-7H2,1H3. The van der Waals surface area contributed by atoms with Gasteiger partial charge in [0.15, 0.2) is 5.78 Å². The van der Waals surface area contributed by atoms with Crippen LogP contribution in [0, 0.1) is 11.3 Å². The molecule has 2 fully saturated rings. The Morgan fingerprint density at radius 2 is 2.37 bits per heavy atom. The van der Waals surface area contributed by atoms with Crippen LogP contribution < -0.4 is 5.32 Å². The number of ether oxygens (including phenoxy) is 1. The van der Waals surface area contributed by atoms with Crippen LogP contribution in [-0.4, -0.2) is 24.9 Å². The summed E-state index contributed by atoms with van der Waals surface area (Å²) in [5, 5.41) is 3.29. The summed E-state index contributed by atoms with van der Waals surface area (Å²) in [6.45, 7) is 0. The van der Waals surface area contributed by atoms with Crippen molar-refractivity contribution in [1.82, 2.24) is 5.32 Å². The predicted molar refractivity (Wildman–Crippen MR) is 68.0 cm³/mol. The Morgan fingerprint density at radius 3 is 3.16 bits per heavy atom.